The van der Waals surface area contributed by atoms with Gasteiger partial charge in [-0.2, -0.15) is 0 Å². The Labute approximate surface area is 356 Å². The first-order valence-corrected chi connectivity index (χ1v) is 20.8. The number of rotatable bonds is 14. The van der Waals surface area contributed by atoms with Gasteiger partial charge in [0.25, 0.3) is 5.91 Å². The van der Waals surface area contributed by atoms with Crippen LogP contribution in [0.2, 0.25) is 5.15 Å². The molecular weight excluding hydrogens is 784 g/mol. The lowest BCUT2D eigenvalue weighted by Crippen LogP contribution is -2.46. The first-order chi connectivity index (χ1) is 28.7. The number of benzene rings is 3. The summed E-state index contributed by atoms with van der Waals surface area (Å²) in [6.07, 6.45) is 1.04. The molecule has 0 radical (unpaired) electrons. The molecule has 4 aromatic rings. The number of hydrogen-bond acceptors (Lipinski definition) is 10. The van der Waals surface area contributed by atoms with E-state index in [2.05, 4.69) is 44.9 Å². The molecule has 1 atom stereocenters. The fourth-order valence-electron chi connectivity index (χ4n) is 7.92. The minimum Gasteiger partial charge on any atom is -0.448 e. The number of amides is 4. The van der Waals surface area contributed by atoms with Gasteiger partial charge in [-0.3, -0.25) is 9.59 Å². The fourth-order valence-corrected chi connectivity index (χ4v) is 8.05. The van der Waals surface area contributed by atoms with Crippen molar-refractivity contribution < 1.29 is 28.7 Å². The first-order valence-electron chi connectivity index (χ1n) is 20.4. The molecule has 1 fully saturated rings. The van der Waals surface area contributed by atoms with E-state index in [1.165, 1.54) is 0 Å². The van der Waals surface area contributed by atoms with Gasteiger partial charge in [-0.25, -0.2) is 19.6 Å². The summed E-state index contributed by atoms with van der Waals surface area (Å²) in [6, 6.07) is 24.4. The molecule has 2 aliphatic rings. The zero-order valence-electron chi connectivity index (χ0n) is 34.7. The van der Waals surface area contributed by atoms with Gasteiger partial charge < -0.3 is 41.4 Å². The maximum absolute atomic E-state index is 14.4. The lowest BCUT2D eigenvalue weighted by Gasteiger charge is -2.36. The average molecular weight is 839 g/mol. The molecule has 0 bridgehead atoms. The number of nitrogens with two attached hydrogens (primary N) is 2. The van der Waals surface area contributed by atoms with Crippen LogP contribution in [0.15, 0.2) is 72.8 Å². The van der Waals surface area contributed by atoms with Crippen molar-refractivity contribution in [2.24, 2.45) is 11.8 Å². The second-order valence-corrected chi connectivity index (χ2v) is 16.9. The second-order valence-electron chi connectivity index (χ2n) is 16.6. The minimum atomic E-state index is -0.631. The summed E-state index contributed by atoms with van der Waals surface area (Å²) in [5.41, 5.74) is 17.6. The maximum Gasteiger partial charge on any atom is 0.409 e. The van der Waals surface area contributed by atoms with Gasteiger partial charge in [0.05, 0.1) is 0 Å². The molecule has 1 unspecified atom stereocenters. The average Bonchev–Trinajstić information content (AvgIpc) is 3.53. The van der Waals surface area contributed by atoms with Gasteiger partial charge in [0, 0.05) is 51.6 Å². The van der Waals surface area contributed by atoms with Crippen LogP contribution < -0.4 is 22.1 Å². The molecule has 1 saturated heterocycles. The standard InChI is InChI=1S/C45H55ClN8O6/c1-28-11-5-6-12-31(28)23-30(24-50-42(56)38-40(47)52-41(48)39(46)51-38)26-54(25-29-18-21-53(22-19-29)37(55)17-20-49-43(57)60-45(2,3)4)44(58)59-27-36-34-15-9-7-13-32(34)33-14-8-10-16-35(33)36/h5-16,29-30,36H,17-27H2,1-4H3,(H,49,57)(H,50,56)(H4,47,48,52). The summed E-state index contributed by atoms with van der Waals surface area (Å²) in [5, 5.41) is 5.48. The molecule has 2 heterocycles. The number of piperidine rings is 1. The van der Waals surface area contributed by atoms with Gasteiger partial charge in [-0.15, -0.1) is 0 Å². The van der Waals surface area contributed by atoms with Crippen LogP contribution in [-0.4, -0.2) is 95.2 Å². The highest BCUT2D eigenvalue weighted by Gasteiger charge is 2.32. The van der Waals surface area contributed by atoms with Crippen LogP contribution >= 0.6 is 11.6 Å². The van der Waals surface area contributed by atoms with Gasteiger partial charge in [0.2, 0.25) is 5.91 Å². The predicted octanol–water partition coefficient (Wildman–Crippen LogP) is 6.60. The third kappa shape index (κ3) is 11.2. The topological polar surface area (TPSA) is 195 Å². The van der Waals surface area contributed by atoms with Gasteiger partial charge in [-0.05, 0) is 92.2 Å². The normalized spacial score (nSPS) is 14.4. The molecule has 6 rings (SSSR count). The Morgan fingerprint density at radius 3 is 2.18 bits per heavy atom. The van der Waals surface area contributed by atoms with Crippen molar-refractivity contribution in [3.63, 3.8) is 0 Å². The third-order valence-electron chi connectivity index (χ3n) is 11.0. The summed E-state index contributed by atoms with van der Waals surface area (Å²) in [7, 11) is 0. The van der Waals surface area contributed by atoms with Crippen molar-refractivity contribution in [3.05, 3.63) is 106 Å². The van der Waals surface area contributed by atoms with E-state index < -0.39 is 23.7 Å². The van der Waals surface area contributed by atoms with Crippen LogP contribution in [0.25, 0.3) is 11.1 Å². The molecule has 1 aliphatic heterocycles. The smallest absolute Gasteiger partial charge is 0.409 e. The molecule has 0 saturated carbocycles. The predicted molar refractivity (Wildman–Crippen MR) is 231 cm³/mol. The molecule has 318 valence electrons. The van der Waals surface area contributed by atoms with Crippen molar-refractivity contribution in [1.82, 2.24) is 30.4 Å². The van der Waals surface area contributed by atoms with E-state index in [0.29, 0.717) is 38.9 Å². The number of ether oxygens (including phenoxy) is 2. The van der Waals surface area contributed by atoms with Gasteiger partial charge in [0.15, 0.2) is 22.5 Å². The van der Waals surface area contributed by atoms with E-state index in [0.717, 1.165) is 33.4 Å². The van der Waals surface area contributed by atoms with Gasteiger partial charge in [-0.1, -0.05) is 84.4 Å². The Morgan fingerprint density at radius 1 is 0.900 bits per heavy atom. The highest BCUT2D eigenvalue weighted by Crippen LogP contribution is 2.44. The van der Waals surface area contributed by atoms with E-state index in [1.807, 2.05) is 55.5 Å². The Morgan fingerprint density at radius 2 is 1.53 bits per heavy atom. The molecule has 15 heteroatoms. The molecule has 4 amide bonds. The SMILES string of the molecule is Cc1ccccc1CC(CNC(=O)c1nc(Cl)c(N)nc1N)CN(CC1CCN(C(=O)CCNC(=O)OC(C)(C)C)CC1)C(=O)OCC1c2ccccc2-c2ccccc21. The van der Waals surface area contributed by atoms with Crippen LogP contribution in [0.5, 0.6) is 0 Å². The third-order valence-corrected chi connectivity index (χ3v) is 11.2. The molecule has 6 N–H and O–H groups in total. The summed E-state index contributed by atoms with van der Waals surface area (Å²) in [6.45, 7) is 9.58. The second kappa shape index (κ2) is 19.4. The number of likely N-dealkylation sites (tertiary alicyclic amines) is 1. The number of anilines is 2. The number of alkyl carbamates (subject to hydrolysis) is 1. The highest BCUT2D eigenvalue weighted by atomic mass is 35.5. The summed E-state index contributed by atoms with van der Waals surface area (Å²) in [5.74, 6) is -1.14. The van der Waals surface area contributed by atoms with Gasteiger partial charge in [0.1, 0.15) is 12.2 Å². The number of fused-ring (bicyclic) bond motifs is 3. The quantitative estimate of drug-likeness (QED) is 0.108. The molecular formula is C45H55ClN8O6. The zero-order chi connectivity index (χ0) is 43.0. The minimum absolute atomic E-state index is 0.0559. The number of nitrogens with zero attached hydrogens (tertiary/aromatic N) is 4. The Bertz CT molecular complexity index is 2140. The first kappa shape index (κ1) is 43.7. The fraction of sp³-hybridized carbons (Fsp3) is 0.422. The van der Waals surface area contributed by atoms with E-state index in [4.69, 9.17) is 32.5 Å². The lowest BCUT2D eigenvalue weighted by molar-refractivity contribution is -0.132. The van der Waals surface area contributed by atoms with Gasteiger partial charge >= 0.3 is 12.2 Å². The van der Waals surface area contributed by atoms with Crippen molar-refractivity contribution in [3.8, 4) is 11.1 Å². The highest BCUT2D eigenvalue weighted by molar-refractivity contribution is 6.31. The summed E-state index contributed by atoms with van der Waals surface area (Å²) in [4.78, 5) is 64.6. The summed E-state index contributed by atoms with van der Waals surface area (Å²) < 4.78 is 11.5. The molecule has 0 spiro atoms. The maximum atomic E-state index is 14.4. The Balaban J connectivity index is 1.17. The number of halogens is 1. The summed E-state index contributed by atoms with van der Waals surface area (Å²) >= 11 is 6.09. The molecule has 3 aromatic carbocycles. The molecule has 1 aromatic heterocycles. The number of carbonyl (C=O) groups is 4. The molecule has 14 nitrogen and oxygen atoms in total. The van der Waals surface area contributed by atoms with E-state index >= 15 is 0 Å². The van der Waals surface area contributed by atoms with Crippen LogP contribution in [0, 0.1) is 18.8 Å². The van der Waals surface area contributed by atoms with E-state index in [1.54, 1.807) is 30.6 Å². The molecule has 1 aliphatic carbocycles. The lowest BCUT2D eigenvalue weighted by atomic mass is 9.93. The largest absolute Gasteiger partial charge is 0.448 e. The number of aryl methyl sites for hydroxylation is 1. The number of hydrogen-bond donors (Lipinski definition) is 4. The van der Waals surface area contributed by atoms with Crippen LogP contribution in [0.1, 0.15) is 78.7 Å². The van der Waals surface area contributed by atoms with Crippen LogP contribution in [0.4, 0.5) is 21.2 Å². The zero-order valence-corrected chi connectivity index (χ0v) is 35.5. The monoisotopic (exact) mass is 838 g/mol. The van der Waals surface area contributed by atoms with Crippen molar-refractivity contribution in [1.29, 1.82) is 0 Å². The van der Waals surface area contributed by atoms with Crippen molar-refractivity contribution in [2.45, 2.75) is 64.9 Å². The number of carbonyl (C=O) groups excluding carboxylic acids is 4. The van der Waals surface area contributed by atoms with Crippen LogP contribution in [0.3, 0.4) is 0 Å². The molecule has 60 heavy (non-hydrogen) atoms. The van der Waals surface area contributed by atoms with E-state index in [-0.39, 0.29) is 78.8 Å². The Hall–Kier alpha value is -5.89. The Kier molecular flexibility index (Phi) is 14.2. The van der Waals surface area contributed by atoms with Crippen molar-refractivity contribution in [2.75, 3.05) is 57.3 Å². The van der Waals surface area contributed by atoms with E-state index in [9.17, 15) is 19.2 Å². The van der Waals surface area contributed by atoms with Crippen LogP contribution in [-0.2, 0) is 20.7 Å². The number of aromatic nitrogens is 2. The van der Waals surface area contributed by atoms with Crippen molar-refractivity contribution >= 4 is 47.2 Å². The number of nitrogen functional groups attached to an aromatic ring is 2. The number of nitrogens with one attached hydrogen (secondary N) is 2.